The molecule has 1 N–H and O–H groups in total. The van der Waals surface area contributed by atoms with Crippen molar-refractivity contribution < 1.29 is 8.78 Å². The van der Waals surface area contributed by atoms with Crippen molar-refractivity contribution in [2.24, 2.45) is 0 Å². The van der Waals surface area contributed by atoms with Crippen LogP contribution in [0.1, 0.15) is 30.5 Å². The third kappa shape index (κ3) is 4.51. The van der Waals surface area contributed by atoms with E-state index in [4.69, 9.17) is 11.6 Å². The lowest BCUT2D eigenvalue weighted by atomic mass is 9.98. The van der Waals surface area contributed by atoms with E-state index in [1.165, 1.54) is 18.2 Å². The first-order valence-corrected chi connectivity index (χ1v) is 7.40. The molecule has 112 valence electrons. The fraction of sp³-hybridized carbons (Fsp3) is 0.294. The summed E-state index contributed by atoms with van der Waals surface area (Å²) in [5.41, 5.74) is 1.69. The Morgan fingerprint density at radius 2 is 1.95 bits per heavy atom. The average Bonchev–Trinajstić information content (AvgIpc) is 2.47. The number of halogens is 3. The fourth-order valence-corrected chi connectivity index (χ4v) is 2.37. The van der Waals surface area contributed by atoms with Gasteiger partial charge >= 0.3 is 0 Å². The zero-order valence-electron chi connectivity index (χ0n) is 11.9. The predicted octanol–water partition coefficient (Wildman–Crippen LogP) is 4.90. The molecule has 0 spiro atoms. The van der Waals surface area contributed by atoms with Crippen LogP contribution in [0.5, 0.6) is 0 Å². The maximum atomic E-state index is 13.5. The van der Waals surface area contributed by atoms with Gasteiger partial charge in [0.05, 0.1) is 5.02 Å². The van der Waals surface area contributed by atoms with Crippen LogP contribution in [-0.4, -0.2) is 6.54 Å². The summed E-state index contributed by atoms with van der Waals surface area (Å²) in [6.07, 6.45) is 1.55. The minimum Gasteiger partial charge on any atom is -0.310 e. The first kappa shape index (κ1) is 15.9. The van der Waals surface area contributed by atoms with Crippen molar-refractivity contribution >= 4 is 11.6 Å². The van der Waals surface area contributed by atoms with Gasteiger partial charge in [-0.15, -0.1) is 0 Å². The molecule has 2 aromatic rings. The van der Waals surface area contributed by atoms with E-state index in [2.05, 4.69) is 12.2 Å². The first-order valence-electron chi connectivity index (χ1n) is 7.03. The third-order valence-corrected chi connectivity index (χ3v) is 3.62. The Hall–Kier alpha value is -1.45. The van der Waals surface area contributed by atoms with Gasteiger partial charge in [0, 0.05) is 6.04 Å². The maximum absolute atomic E-state index is 13.5. The molecular weight excluding hydrogens is 292 g/mol. The lowest BCUT2D eigenvalue weighted by Crippen LogP contribution is -2.24. The molecule has 21 heavy (non-hydrogen) atoms. The van der Waals surface area contributed by atoms with Crippen molar-refractivity contribution in [1.29, 1.82) is 0 Å². The second-order valence-electron chi connectivity index (χ2n) is 5.01. The highest BCUT2D eigenvalue weighted by Crippen LogP contribution is 2.22. The summed E-state index contributed by atoms with van der Waals surface area (Å²) < 4.78 is 26.9. The molecule has 0 heterocycles. The lowest BCUT2D eigenvalue weighted by Gasteiger charge is -2.19. The van der Waals surface area contributed by atoms with Gasteiger partial charge < -0.3 is 5.32 Å². The normalized spacial score (nSPS) is 12.4. The summed E-state index contributed by atoms with van der Waals surface area (Å²) in [5.74, 6) is -0.694. The number of nitrogens with one attached hydrogen (secondary N) is 1. The van der Waals surface area contributed by atoms with Gasteiger partial charge in [-0.1, -0.05) is 36.7 Å². The van der Waals surface area contributed by atoms with E-state index in [1.54, 1.807) is 18.2 Å². The zero-order valence-corrected chi connectivity index (χ0v) is 12.6. The van der Waals surface area contributed by atoms with Crippen molar-refractivity contribution in [3.05, 3.63) is 70.2 Å². The van der Waals surface area contributed by atoms with E-state index in [1.807, 2.05) is 6.07 Å². The van der Waals surface area contributed by atoms with Crippen LogP contribution in [0.25, 0.3) is 0 Å². The molecule has 1 atom stereocenters. The average molecular weight is 310 g/mol. The Kier molecular flexibility index (Phi) is 5.71. The quantitative estimate of drug-likeness (QED) is 0.800. The largest absolute Gasteiger partial charge is 0.310 e. The van der Waals surface area contributed by atoms with E-state index in [-0.39, 0.29) is 16.9 Å². The van der Waals surface area contributed by atoms with Crippen LogP contribution in [0.15, 0.2) is 42.5 Å². The molecule has 0 aliphatic carbocycles. The molecular formula is C17H18ClF2N. The number of rotatable bonds is 6. The van der Waals surface area contributed by atoms with Gasteiger partial charge in [0.1, 0.15) is 11.6 Å². The molecule has 0 saturated heterocycles. The molecule has 0 aliphatic rings. The van der Waals surface area contributed by atoms with Gasteiger partial charge in [-0.2, -0.15) is 0 Å². The first-order chi connectivity index (χ1) is 10.1. The molecule has 0 saturated carbocycles. The molecule has 0 amide bonds. The number of hydrogen-bond donors (Lipinski definition) is 1. The van der Waals surface area contributed by atoms with Crippen molar-refractivity contribution in [2.75, 3.05) is 6.54 Å². The number of benzene rings is 2. The number of hydrogen-bond acceptors (Lipinski definition) is 1. The summed E-state index contributed by atoms with van der Waals surface area (Å²) in [5, 5.41) is 3.49. The highest BCUT2D eigenvalue weighted by atomic mass is 35.5. The van der Waals surface area contributed by atoms with Crippen LogP contribution in [0.4, 0.5) is 8.78 Å². The molecule has 2 rings (SSSR count). The molecule has 2 aromatic carbocycles. The minimum absolute atomic E-state index is 0.0544. The second kappa shape index (κ2) is 7.53. The SMILES string of the molecule is CCCNC(Cc1ccc(Cl)c(F)c1)c1cccc(F)c1. The van der Waals surface area contributed by atoms with Crippen LogP contribution in [0.3, 0.4) is 0 Å². The van der Waals surface area contributed by atoms with Crippen LogP contribution in [0.2, 0.25) is 5.02 Å². The summed E-state index contributed by atoms with van der Waals surface area (Å²) in [7, 11) is 0. The lowest BCUT2D eigenvalue weighted by molar-refractivity contribution is 0.522. The summed E-state index contributed by atoms with van der Waals surface area (Å²) in [4.78, 5) is 0. The highest BCUT2D eigenvalue weighted by Gasteiger charge is 2.13. The van der Waals surface area contributed by atoms with Crippen molar-refractivity contribution in [3.63, 3.8) is 0 Å². The van der Waals surface area contributed by atoms with E-state index in [9.17, 15) is 8.78 Å². The van der Waals surface area contributed by atoms with Crippen molar-refractivity contribution in [1.82, 2.24) is 5.32 Å². The van der Waals surface area contributed by atoms with E-state index in [0.717, 1.165) is 24.1 Å². The molecule has 1 nitrogen and oxygen atoms in total. The van der Waals surface area contributed by atoms with Crippen LogP contribution in [-0.2, 0) is 6.42 Å². The van der Waals surface area contributed by atoms with Crippen molar-refractivity contribution in [3.8, 4) is 0 Å². The standard InChI is InChI=1S/C17H18ClF2N/c1-2-8-21-17(13-4-3-5-14(19)11-13)10-12-6-7-15(18)16(20)9-12/h3-7,9,11,17,21H,2,8,10H2,1H3. The van der Waals surface area contributed by atoms with Gasteiger partial charge in [0.15, 0.2) is 0 Å². The monoisotopic (exact) mass is 309 g/mol. The van der Waals surface area contributed by atoms with E-state index >= 15 is 0 Å². The summed E-state index contributed by atoms with van der Waals surface area (Å²) in [6, 6.07) is 11.2. The van der Waals surface area contributed by atoms with Gasteiger partial charge in [0.25, 0.3) is 0 Å². The Bertz CT molecular complexity index is 601. The Morgan fingerprint density at radius 1 is 1.14 bits per heavy atom. The highest BCUT2D eigenvalue weighted by molar-refractivity contribution is 6.30. The van der Waals surface area contributed by atoms with Crippen LogP contribution in [0, 0.1) is 11.6 Å². The molecule has 4 heteroatoms. The van der Waals surface area contributed by atoms with E-state index < -0.39 is 5.82 Å². The summed E-state index contributed by atoms with van der Waals surface area (Å²) >= 11 is 5.70. The molecule has 0 fully saturated rings. The topological polar surface area (TPSA) is 12.0 Å². The smallest absolute Gasteiger partial charge is 0.142 e. The molecule has 1 unspecified atom stereocenters. The maximum Gasteiger partial charge on any atom is 0.142 e. The van der Waals surface area contributed by atoms with Gasteiger partial charge in [-0.05, 0) is 54.8 Å². The second-order valence-corrected chi connectivity index (χ2v) is 5.42. The Morgan fingerprint density at radius 3 is 2.62 bits per heavy atom. The van der Waals surface area contributed by atoms with Crippen LogP contribution < -0.4 is 5.32 Å². The molecule has 0 bridgehead atoms. The van der Waals surface area contributed by atoms with Gasteiger partial charge in [-0.25, -0.2) is 8.78 Å². The molecule has 0 aromatic heterocycles. The molecule has 0 aliphatic heterocycles. The third-order valence-electron chi connectivity index (χ3n) is 3.32. The fourth-order valence-electron chi connectivity index (χ4n) is 2.25. The van der Waals surface area contributed by atoms with E-state index in [0.29, 0.717) is 6.42 Å². The zero-order chi connectivity index (χ0) is 15.2. The van der Waals surface area contributed by atoms with Crippen molar-refractivity contribution in [2.45, 2.75) is 25.8 Å². The summed E-state index contributed by atoms with van der Waals surface area (Å²) in [6.45, 7) is 2.88. The Balaban J connectivity index is 2.21. The predicted molar refractivity (Wildman–Crippen MR) is 82.5 cm³/mol. The van der Waals surface area contributed by atoms with Crippen LogP contribution >= 0.6 is 11.6 Å². The molecule has 0 radical (unpaired) electrons. The Labute approximate surface area is 128 Å². The van der Waals surface area contributed by atoms with Gasteiger partial charge in [0.2, 0.25) is 0 Å². The minimum atomic E-state index is -0.428. The van der Waals surface area contributed by atoms with Gasteiger partial charge in [-0.3, -0.25) is 0 Å².